The Morgan fingerprint density at radius 2 is 1.73 bits per heavy atom. The molecule has 1 aliphatic rings. The van der Waals surface area contributed by atoms with Gasteiger partial charge in [-0.2, -0.15) is 0 Å². The molecule has 2 aromatic rings. The lowest BCUT2D eigenvalue weighted by molar-refractivity contribution is -0.143. The maximum atomic E-state index is 13.0. The quantitative estimate of drug-likeness (QED) is 0.550. The van der Waals surface area contributed by atoms with Crippen LogP contribution in [-0.4, -0.2) is 52.8 Å². The topological polar surface area (TPSA) is 60.9 Å². The summed E-state index contributed by atoms with van der Waals surface area (Å²) in [5.74, 6) is -1.93. The van der Waals surface area contributed by atoms with Crippen molar-refractivity contribution >= 4 is 29.2 Å². The van der Waals surface area contributed by atoms with E-state index in [-0.39, 0.29) is 19.0 Å². The van der Waals surface area contributed by atoms with E-state index in [2.05, 4.69) is 0 Å². The number of carbonyl (C=O) groups is 3. The summed E-state index contributed by atoms with van der Waals surface area (Å²) in [6, 6.07) is 9.20. The van der Waals surface area contributed by atoms with Crippen molar-refractivity contribution in [2.24, 2.45) is 0 Å². The number of nitrogens with zero attached hydrogens (tertiary/aromatic N) is 3. The van der Waals surface area contributed by atoms with Crippen molar-refractivity contribution in [2.45, 2.75) is 13.0 Å². The maximum Gasteiger partial charge on any atom is 0.335 e. The number of benzene rings is 1. The molecule has 0 aliphatic carbocycles. The zero-order valence-corrected chi connectivity index (χ0v) is 15.0. The Bertz CT molecular complexity index is 808. The van der Waals surface area contributed by atoms with Crippen LogP contribution in [0.5, 0.6) is 0 Å². The summed E-state index contributed by atoms with van der Waals surface area (Å²) in [7, 11) is 1.72. The second-order valence-corrected chi connectivity index (χ2v) is 7.12. The number of halogens is 1. The minimum Gasteiger partial charge on any atom is -0.284 e. The van der Waals surface area contributed by atoms with Gasteiger partial charge < -0.3 is 0 Å². The van der Waals surface area contributed by atoms with Crippen LogP contribution in [0.25, 0.3) is 0 Å². The van der Waals surface area contributed by atoms with Crippen LogP contribution in [0, 0.1) is 5.82 Å². The Balaban J connectivity index is 1.60. The second kappa shape index (κ2) is 7.76. The minimum atomic E-state index is -0.813. The number of imide groups is 2. The predicted octanol–water partition coefficient (Wildman–Crippen LogP) is 2.31. The maximum absolute atomic E-state index is 13.0. The van der Waals surface area contributed by atoms with Gasteiger partial charge in [-0.15, -0.1) is 11.3 Å². The number of hydrogen-bond acceptors (Lipinski definition) is 5. The molecule has 0 atom stereocenters. The van der Waals surface area contributed by atoms with E-state index >= 15 is 0 Å². The standard InChI is InChI=1S/C18H18FN3O3S/c1-20(11-13-4-6-14(19)7-5-13)12-22-17(24)16(23)21(18(22)25)9-8-15-3-2-10-26-15/h2-7,10H,8-9,11-12H2,1H3. The molecular weight excluding hydrogens is 357 g/mol. The van der Waals surface area contributed by atoms with Crippen molar-refractivity contribution in [1.29, 1.82) is 0 Å². The first-order valence-electron chi connectivity index (χ1n) is 8.08. The van der Waals surface area contributed by atoms with Crippen molar-refractivity contribution in [1.82, 2.24) is 14.7 Å². The molecule has 4 amide bonds. The summed E-state index contributed by atoms with van der Waals surface area (Å²) >= 11 is 1.54. The highest BCUT2D eigenvalue weighted by Crippen LogP contribution is 2.16. The van der Waals surface area contributed by atoms with Crippen LogP contribution in [0.3, 0.4) is 0 Å². The molecule has 1 aliphatic heterocycles. The molecule has 0 spiro atoms. The Morgan fingerprint density at radius 1 is 1.04 bits per heavy atom. The lowest BCUT2D eigenvalue weighted by Crippen LogP contribution is -2.40. The van der Waals surface area contributed by atoms with Crippen LogP contribution in [-0.2, 0) is 22.6 Å². The first kappa shape index (κ1) is 18.2. The summed E-state index contributed by atoms with van der Waals surface area (Å²) in [6.07, 6.45) is 0.529. The van der Waals surface area contributed by atoms with E-state index in [1.807, 2.05) is 17.5 Å². The third-order valence-corrected chi connectivity index (χ3v) is 4.98. The predicted molar refractivity (Wildman–Crippen MR) is 94.7 cm³/mol. The van der Waals surface area contributed by atoms with Gasteiger partial charge in [0, 0.05) is 24.4 Å². The van der Waals surface area contributed by atoms with Crippen LogP contribution >= 0.6 is 11.3 Å². The number of rotatable bonds is 7. The van der Waals surface area contributed by atoms with Gasteiger partial charge in [0.25, 0.3) is 0 Å². The van der Waals surface area contributed by atoms with Crippen LogP contribution < -0.4 is 0 Å². The third-order valence-electron chi connectivity index (χ3n) is 4.05. The first-order valence-corrected chi connectivity index (χ1v) is 8.96. The van der Waals surface area contributed by atoms with E-state index < -0.39 is 17.8 Å². The molecule has 3 rings (SSSR count). The highest BCUT2D eigenvalue weighted by Gasteiger charge is 2.44. The summed E-state index contributed by atoms with van der Waals surface area (Å²) in [4.78, 5) is 41.4. The number of thiophene rings is 1. The summed E-state index contributed by atoms with van der Waals surface area (Å²) in [6.45, 7) is 0.596. The largest absolute Gasteiger partial charge is 0.335 e. The molecule has 0 saturated carbocycles. The fourth-order valence-electron chi connectivity index (χ4n) is 2.74. The van der Waals surface area contributed by atoms with E-state index in [1.165, 1.54) is 12.1 Å². The van der Waals surface area contributed by atoms with Crippen LogP contribution in [0.15, 0.2) is 41.8 Å². The first-order chi connectivity index (χ1) is 12.5. The zero-order valence-electron chi connectivity index (χ0n) is 14.2. The highest BCUT2D eigenvalue weighted by atomic mass is 32.1. The average molecular weight is 375 g/mol. The summed E-state index contributed by atoms with van der Waals surface area (Å²) < 4.78 is 13.0. The summed E-state index contributed by atoms with van der Waals surface area (Å²) in [5, 5.41) is 1.92. The van der Waals surface area contributed by atoms with Crippen molar-refractivity contribution in [2.75, 3.05) is 20.3 Å². The molecule has 1 saturated heterocycles. The van der Waals surface area contributed by atoms with Crippen LogP contribution in [0.2, 0.25) is 0 Å². The molecule has 2 heterocycles. The van der Waals surface area contributed by atoms with E-state index in [4.69, 9.17) is 0 Å². The normalized spacial score (nSPS) is 14.8. The lowest BCUT2D eigenvalue weighted by Gasteiger charge is -2.22. The second-order valence-electron chi connectivity index (χ2n) is 6.08. The van der Waals surface area contributed by atoms with Crippen molar-refractivity contribution in [3.8, 4) is 0 Å². The molecule has 0 N–H and O–H groups in total. The van der Waals surface area contributed by atoms with Gasteiger partial charge >= 0.3 is 17.8 Å². The van der Waals surface area contributed by atoms with Crippen molar-refractivity contribution in [3.05, 3.63) is 58.0 Å². The molecule has 8 heteroatoms. The molecule has 0 unspecified atom stereocenters. The van der Waals surface area contributed by atoms with Gasteiger partial charge in [-0.05, 0) is 36.2 Å². The van der Waals surface area contributed by atoms with Gasteiger partial charge in [-0.3, -0.25) is 19.4 Å². The Labute approximate surface area is 154 Å². The third kappa shape index (κ3) is 3.97. The van der Waals surface area contributed by atoms with Gasteiger partial charge in [0.1, 0.15) is 5.82 Å². The number of urea groups is 1. The number of amides is 4. The fraction of sp³-hybridized carbons (Fsp3) is 0.278. The van der Waals surface area contributed by atoms with Gasteiger partial charge in [0.2, 0.25) is 0 Å². The van der Waals surface area contributed by atoms with Crippen molar-refractivity contribution < 1.29 is 18.8 Å². The molecule has 1 aromatic heterocycles. The molecule has 0 bridgehead atoms. The average Bonchev–Trinajstić information content (AvgIpc) is 3.20. The molecular formula is C18H18FN3O3S. The van der Waals surface area contributed by atoms with E-state index in [9.17, 15) is 18.8 Å². The Morgan fingerprint density at radius 3 is 2.38 bits per heavy atom. The molecule has 136 valence electrons. The monoisotopic (exact) mass is 375 g/mol. The zero-order chi connectivity index (χ0) is 18.7. The van der Waals surface area contributed by atoms with Crippen LogP contribution in [0.4, 0.5) is 9.18 Å². The lowest BCUT2D eigenvalue weighted by atomic mass is 10.2. The van der Waals surface area contributed by atoms with Crippen molar-refractivity contribution in [3.63, 3.8) is 0 Å². The molecule has 6 nitrogen and oxygen atoms in total. The minimum absolute atomic E-state index is 0.00369. The smallest absolute Gasteiger partial charge is 0.284 e. The van der Waals surface area contributed by atoms with Crippen LogP contribution in [0.1, 0.15) is 10.4 Å². The SMILES string of the molecule is CN(Cc1ccc(F)cc1)CN1C(=O)C(=O)N(CCc2cccs2)C1=O. The van der Waals surface area contributed by atoms with Gasteiger partial charge in [0.05, 0.1) is 6.67 Å². The van der Waals surface area contributed by atoms with Gasteiger partial charge in [-0.25, -0.2) is 14.1 Å². The number of carbonyl (C=O) groups excluding carboxylic acids is 3. The molecule has 1 aromatic carbocycles. The summed E-state index contributed by atoms with van der Waals surface area (Å²) in [5.41, 5.74) is 0.842. The molecule has 0 radical (unpaired) electrons. The fourth-order valence-corrected chi connectivity index (χ4v) is 3.44. The Kier molecular flexibility index (Phi) is 5.43. The Hall–Kier alpha value is -2.58. The van der Waals surface area contributed by atoms with Gasteiger partial charge in [0.15, 0.2) is 0 Å². The number of hydrogen-bond donors (Lipinski definition) is 0. The van der Waals surface area contributed by atoms with E-state index in [0.717, 1.165) is 20.2 Å². The molecule has 1 fully saturated rings. The molecule has 26 heavy (non-hydrogen) atoms. The van der Waals surface area contributed by atoms with E-state index in [1.54, 1.807) is 35.4 Å². The highest BCUT2D eigenvalue weighted by molar-refractivity contribution is 7.09. The van der Waals surface area contributed by atoms with E-state index in [0.29, 0.717) is 13.0 Å². The van der Waals surface area contributed by atoms with Gasteiger partial charge in [-0.1, -0.05) is 18.2 Å².